The summed E-state index contributed by atoms with van der Waals surface area (Å²) in [7, 11) is 0.780. The summed E-state index contributed by atoms with van der Waals surface area (Å²) in [6.07, 6.45) is 5.12. The van der Waals surface area contributed by atoms with E-state index in [1.807, 2.05) is 7.05 Å². The van der Waals surface area contributed by atoms with E-state index >= 15 is 0 Å². The van der Waals surface area contributed by atoms with Crippen molar-refractivity contribution >= 4 is 21.5 Å². The van der Waals surface area contributed by atoms with Gasteiger partial charge in [0.25, 0.3) is 0 Å². The number of aliphatic imine (C=N–C) groups is 1. The van der Waals surface area contributed by atoms with Crippen molar-refractivity contribution in [3.63, 3.8) is 0 Å². The molecule has 28 heavy (non-hydrogen) atoms. The lowest BCUT2D eigenvalue weighted by Crippen LogP contribution is -2.40. The fraction of sp³-hybridized carbons (Fsp3) is 0.650. The van der Waals surface area contributed by atoms with E-state index in [2.05, 4.69) is 44.4 Å². The number of hydrogen-bond acceptors (Lipinski definition) is 5. The Bertz CT molecular complexity index is 713. The maximum atomic E-state index is 11.1. The number of nitrogens with zero attached hydrogens (tertiary/aromatic N) is 3. The highest BCUT2D eigenvalue weighted by molar-refractivity contribution is 7.90. The Morgan fingerprint density at radius 2 is 1.86 bits per heavy atom. The molecule has 0 saturated carbocycles. The van der Waals surface area contributed by atoms with Gasteiger partial charge in [0.05, 0.1) is 19.0 Å². The van der Waals surface area contributed by atoms with Crippen molar-refractivity contribution in [3.05, 3.63) is 29.8 Å². The molecule has 158 valence electrons. The summed E-state index contributed by atoms with van der Waals surface area (Å²) in [6, 6.07) is 8.78. The van der Waals surface area contributed by atoms with E-state index < -0.39 is 9.84 Å². The quantitative estimate of drug-likeness (QED) is 0.380. The zero-order valence-electron chi connectivity index (χ0n) is 17.4. The minimum atomic E-state index is -2.97. The number of benzene rings is 1. The maximum Gasteiger partial charge on any atom is 0.193 e. The van der Waals surface area contributed by atoms with E-state index in [9.17, 15) is 8.42 Å². The molecule has 0 aliphatic carbocycles. The summed E-state index contributed by atoms with van der Waals surface area (Å²) in [5.74, 6) is 0.835. The fourth-order valence-electron chi connectivity index (χ4n) is 3.25. The number of ether oxygens (including phenoxy) is 1. The van der Waals surface area contributed by atoms with Gasteiger partial charge < -0.3 is 19.9 Å². The molecule has 0 bridgehead atoms. The Labute approximate surface area is 169 Å². The summed E-state index contributed by atoms with van der Waals surface area (Å²) in [6.45, 7) is 4.30. The van der Waals surface area contributed by atoms with E-state index in [-0.39, 0.29) is 12.4 Å². The van der Waals surface area contributed by atoms with Gasteiger partial charge in [-0.2, -0.15) is 0 Å². The van der Waals surface area contributed by atoms with Crippen LogP contribution in [0, 0.1) is 0 Å². The molecule has 0 spiro atoms. The molecule has 1 aliphatic heterocycles. The van der Waals surface area contributed by atoms with Crippen LogP contribution in [-0.4, -0.2) is 78.2 Å². The zero-order chi connectivity index (χ0) is 20.4. The Morgan fingerprint density at radius 1 is 1.18 bits per heavy atom. The van der Waals surface area contributed by atoms with Gasteiger partial charge in [0.1, 0.15) is 9.84 Å². The van der Waals surface area contributed by atoms with Crippen LogP contribution in [0.25, 0.3) is 0 Å². The third-order valence-corrected chi connectivity index (χ3v) is 5.69. The number of sulfone groups is 1. The van der Waals surface area contributed by atoms with Crippen LogP contribution in [0.5, 0.6) is 0 Å². The van der Waals surface area contributed by atoms with Crippen LogP contribution in [0.4, 0.5) is 5.69 Å². The normalized spacial score (nSPS) is 15.5. The summed E-state index contributed by atoms with van der Waals surface area (Å²) in [5.41, 5.74) is 2.54. The molecular weight excluding hydrogens is 376 g/mol. The molecule has 1 saturated heterocycles. The van der Waals surface area contributed by atoms with E-state index in [1.54, 1.807) is 7.05 Å². The molecule has 1 aromatic carbocycles. The first kappa shape index (κ1) is 22.5. The molecule has 1 aliphatic rings. The molecule has 1 heterocycles. The van der Waals surface area contributed by atoms with E-state index in [0.717, 1.165) is 25.6 Å². The van der Waals surface area contributed by atoms with Crippen molar-refractivity contribution in [2.45, 2.75) is 25.8 Å². The van der Waals surface area contributed by atoms with E-state index in [0.29, 0.717) is 13.2 Å². The Balaban J connectivity index is 1.74. The fourth-order valence-corrected chi connectivity index (χ4v) is 3.67. The minimum absolute atomic E-state index is 0.0506. The number of guanidine groups is 1. The van der Waals surface area contributed by atoms with Crippen LogP contribution in [0.1, 0.15) is 24.8 Å². The van der Waals surface area contributed by atoms with Crippen molar-refractivity contribution in [3.8, 4) is 0 Å². The van der Waals surface area contributed by atoms with Gasteiger partial charge in [0.15, 0.2) is 5.96 Å². The van der Waals surface area contributed by atoms with E-state index in [4.69, 9.17) is 4.74 Å². The molecule has 7 nitrogen and oxygen atoms in total. The molecule has 0 atom stereocenters. The van der Waals surface area contributed by atoms with Crippen molar-refractivity contribution < 1.29 is 13.2 Å². The molecule has 1 fully saturated rings. The molecule has 1 aromatic rings. The maximum absolute atomic E-state index is 11.1. The minimum Gasteiger partial charge on any atom is -0.379 e. The van der Waals surface area contributed by atoms with Crippen molar-refractivity contribution in [1.82, 2.24) is 10.2 Å². The highest BCUT2D eigenvalue weighted by Crippen LogP contribution is 2.20. The second-order valence-corrected chi connectivity index (χ2v) is 9.55. The number of hydrogen-bond donors (Lipinski definition) is 1. The van der Waals surface area contributed by atoms with Gasteiger partial charge in [-0.05, 0) is 37.0 Å². The first-order chi connectivity index (χ1) is 13.4. The number of nitrogens with one attached hydrogen (secondary N) is 1. The van der Waals surface area contributed by atoms with Crippen LogP contribution < -0.4 is 10.2 Å². The highest BCUT2D eigenvalue weighted by atomic mass is 32.2. The first-order valence-electron chi connectivity index (χ1n) is 9.90. The van der Waals surface area contributed by atoms with Crippen molar-refractivity contribution in [2.24, 2.45) is 4.99 Å². The van der Waals surface area contributed by atoms with E-state index in [1.165, 1.54) is 36.8 Å². The largest absolute Gasteiger partial charge is 0.379 e. The summed E-state index contributed by atoms with van der Waals surface area (Å²) < 4.78 is 27.5. The smallest absolute Gasteiger partial charge is 0.193 e. The third-order valence-electron chi connectivity index (χ3n) is 4.78. The summed E-state index contributed by atoms with van der Waals surface area (Å²) in [4.78, 5) is 8.83. The van der Waals surface area contributed by atoms with Crippen LogP contribution in [0.15, 0.2) is 29.3 Å². The number of anilines is 1. The monoisotopic (exact) mass is 410 g/mol. The van der Waals surface area contributed by atoms with Gasteiger partial charge in [0, 0.05) is 52.2 Å². The standard InChI is InChI=1S/C20H34N4O3S/c1-21-20(22-11-14-27-15-16-28(3,25)26)23(2)17-18-7-9-19(10-8-18)24-12-5-4-6-13-24/h7-10H,4-6,11-17H2,1-3H3,(H,21,22). The Kier molecular flexibility index (Phi) is 9.05. The lowest BCUT2D eigenvalue weighted by atomic mass is 10.1. The molecule has 1 N–H and O–H groups in total. The molecule has 2 rings (SSSR count). The van der Waals surface area contributed by atoms with Gasteiger partial charge in [-0.1, -0.05) is 12.1 Å². The average Bonchev–Trinajstić information content (AvgIpc) is 2.68. The molecule has 0 radical (unpaired) electrons. The van der Waals surface area contributed by atoms with Gasteiger partial charge in [0.2, 0.25) is 0 Å². The molecule has 0 unspecified atom stereocenters. The van der Waals surface area contributed by atoms with Crippen LogP contribution in [0.3, 0.4) is 0 Å². The van der Waals surface area contributed by atoms with Crippen LogP contribution >= 0.6 is 0 Å². The van der Waals surface area contributed by atoms with Gasteiger partial charge in [-0.15, -0.1) is 0 Å². The second kappa shape index (κ2) is 11.3. The predicted octanol–water partition coefficient (Wildman–Crippen LogP) is 1.75. The Hall–Kier alpha value is -1.80. The first-order valence-corrected chi connectivity index (χ1v) is 12.0. The predicted molar refractivity (Wildman–Crippen MR) is 116 cm³/mol. The van der Waals surface area contributed by atoms with Crippen LogP contribution in [0.2, 0.25) is 0 Å². The van der Waals surface area contributed by atoms with Gasteiger partial charge >= 0.3 is 0 Å². The van der Waals surface area contributed by atoms with Crippen molar-refractivity contribution in [1.29, 1.82) is 0 Å². The third kappa shape index (κ3) is 8.06. The average molecular weight is 411 g/mol. The van der Waals surface area contributed by atoms with Crippen molar-refractivity contribution in [2.75, 3.05) is 63.9 Å². The Morgan fingerprint density at radius 3 is 2.46 bits per heavy atom. The number of rotatable bonds is 9. The zero-order valence-corrected chi connectivity index (χ0v) is 18.2. The summed E-state index contributed by atoms with van der Waals surface area (Å²) >= 11 is 0. The molecule has 0 amide bonds. The number of piperidine rings is 1. The second-order valence-electron chi connectivity index (χ2n) is 7.29. The lowest BCUT2D eigenvalue weighted by Gasteiger charge is -2.29. The lowest BCUT2D eigenvalue weighted by molar-refractivity contribution is 0.153. The summed E-state index contributed by atoms with van der Waals surface area (Å²) in [5, 5.41) is 3.24. The van der Waals surface area contributed by atoms with Crippen LogP contribution in [-0.2, 0) is 21.1 Å². The SMILES string of the molecule is CN=C(NCCOCCS(C)(=O)=O)N(C)Cc1ccc(N2CCCCC2)cc1. The molecular formula is C20H34N4O3S. The molecule has 0 aromatic heterocycles. The topological polar surface area (TPSA) is 74.2 Å². The van der Waals surface area contributed by atoms with Gasteiger partial charge in [-0.3, -0.25) is 4.99 Å². The van der Waals surface area contributed by atoms with Gasteiger partial charge in [-0.25, -0.2) is 8.42 Å². The molecule has 8 heteroatoms. The highest BCUT2D eigenvalue weighted by Gasteiger charge is 2.11.